The van der Waals surface area contributed by atoms with E-state index in [4.69, 9.17) is 0 Å². The van der Waals surface area contributed by atoms with Crippen LogP contribution in [-0.2, 0) is 0 Å². The van der Waals surface area contributed by atoms with E-state index in [1.807, 2.05) is 19.1 Å². The third-order valence-corrected chi connectivity index (χ3v) is 3.98. The number of carbonyl (C=O) groups excluding carboxylic acids is 1. The number of hydrogen-bond acceptors (Lipinski definition) is 3. The minimum atomic E-state index is 0.00815. The highest BCUT2D eigenvalue weighted by Gasteiger charge is 2.34. The molecule has 2 N–H and O–H groups in total. The van der Waals surface area contributed by atoms with Crippen molar-refractivity contribution in [2.24, 2.45) is 0 Å². The van der Waals surface area contributed by atoms with Crippen molar-refractivity contribution in [3.63, 3.8) is 0 Å². The van der Waals surface area contributed by atoms with Gasteiger partial charge in [-0.15, -0.1) is 0 Å². The molecule has 1 amide bonds. The van der Waals surface area contributed by atoms with Crippen molar-refractivity contribution in [3.05, 3.63) is 29.6 Å². The number of nitrogens with one attached hydrogen (secondary N) is 2. The fourth-order valence-electron chi connectivity index (χ4n) is 3.05. The minimum absolute atomic E-state index is 0.00815. The van der Waals surface area contributed by atoms with Crippen LogP contribution in [0.1, 0.15) is 41.7 Å². The number of fused-ring (bicyclic) bond motifs is 2. The van der Waals surface area contributed by atoms with Gasteiger partial charge < -0.3 is 10.6 Å². The van der Waals surface area contributed by atoms with Crippen molar-refractivity contribution in [2.75, 3.05) is 0 Å². The van der Waals surface area contributed by atoms with Gasteiger partial charge in [-0.25, -0.2) is 0 Å². The van der Waals surface area contributed by atoms with Gasteiger partial charge in [0, 0.05) is 30.0 Å². The summed E-state index contributed by atoms with van der Waals surface area (Å²) >= 11 is 0. The quantitative estimate of drug-likeness (QED) is 0.828. The number of piperidine rings is 1. The molecule has 18 heavy (non-hydrogen) atoms. The lowest BCUT2D eigenvalue weighted by Crippen LogP contribution is -2.48. The second-order valence-corrected chi connectivity index (χ2v) is 5.47. The van der Waals surface area contributed by atoms with Gasteiger partial charge in [-0.1, -0.05) is 0 Å². The molecule has 0 radical (unpaired) electrons. The van der Waals surface area contributed by atoms with Crippen LogP contribution in [0.4, 0.5) is 0 Å². The van der Waals surface area contributed by atoms with E-state index in [9.17, 15) is 4.79 Å². The number of pyridine rings is 1. The lowest BCUT2D eigenvalue weighted by Gasteiger charge is -2.29. The Bertz CT molecular complexity index is 431. The molecule has 0 aromatic carbocycles. The van der Waals surface area contributed by atoms with Crippen LogP contribution in [0.15, 0.2) is 18.3 Å². The molecule has 2 aliphatic rings. The first-order valence-corrected chi connectivity index (χ1v) is 6.70. The summed E-state index contributed by atoms with van der Waals surface area (Å²) in [6, 6.07) is 5.24. The van der Waals surface area contributed by atoms with Crippen LogP contribution in [0.5, 0.6) is 0 Å². The Balaban J connectivity index is 1.62. The number of nitrogens with zero attached hydrogens (tertiary/aromatic N) is 1. The Morgan fingerprint density at radius 2 is 2.06 bits per heavy atom. The molecule has 3 rings (SSSR count). The predicted molar refractivity (Wildman–Crippen MR) is 69.4 cm³/mol. The fraction of sp³-hybridized carbons (Fsp3) is 0.571. The molecular formula is C14H19N3O. The Hall–Kier alpha value is -1.42. The molecule has 4 nitrogen and oxygen atoms in total. The average molecular weight is 245 g/mol. The monoisotopic (exact) mass is 245 g/mol. The molecule has 2 saturated heterocycles. The molecule has 2 unspecified atom stereocenters. The van der Waals surface area contributed by atoms with Crippen LogP contribution < -0.4 is 10.6 Å². The highest BCUT2D eigenvalue weighted by molar-refractivity contribution is 5.94. The summed E-state index contributed by atoms with van der Waals surface area (Å²) in [5.41, 5.74) is 1.60. The summed E-state index contributed by atoms with van der Waals surface area (Å²) in [5, 5.41) is 6.71. The van der Waals surface area contributed by atoms with Crippen molar-refractivity contribution >= 4 is 5.91 Å². The summed E-state index contributed by atoms with van der Waals surface area (Å²) in [5.74, 6) is 0.00815. The van der Waals surface area contributed by atoms with Crippen molar-refractivity contribution in [3.8, 4) is 0 Å². The van der Waals surface area contributed by atoms with Crippen molar-refractivity contribution < 1.29 is 4.79 Å². The van der Waals surface area contributed by atoms with Crippen LogP contribution >= 0.6 is 0 Å². The number of carbonyl (C=O) groups is 1. The van der Waals surface area contributed by atoms with Crippen LogP contribution in [-0.4, -0.2) is 29.0 Å². The fourth-order valence-corrected chi connectivity index (χ4v) is 3.05. The topological polar surface area (TPSA) is 54.0 Å². The van der Waals surface area contributed by atoms with E-state index < -0.39 is 0 Å². The van der Waals surface area contributed by atoms with Gasteiger partial charge in [0.2, 0.25) is 0 Å². The minimum Gasteiger partial charge on any atom is -0.349 e. The van der Waals surface area contributed by atoms with Gasteiger partial charge in [-0.3, -0.25) is 9.78 Å². The summed E-state index contributed by atoms with van der Waals surface area (Å²) in [6.07, 6.45) is 6.27. The number of amides is 1. The second kappa shape index (κ2) is 4.69. The van der Waals surface area contributed by atoms with Crippen molar-refractivity contribution in [1.82, 2.24) is 15.6 Å². The number of rotatable bonds is 2. The summed E-state index contributed by atoms with van der Waals surface area (Å²) < 4.78 is 0. The Morgan fingerprint density at radius 3 is 2.67 bits per heavy atom. The molecule has 0 saturated carbocycles. The van der Waals surface area contributed by atoms with Gasteiger partial charge in [0.25, 0.3) is 5.91 Å². The maximum Gasteiger partial charge on any atom is 0.253 e. The molecule has 0 aliphatic carbocycles. The lowest BCUT2D eigenvalue weighted by atomic mass is 9.99. The summed E-state index contributed by atoms with van der Waals surface area (Å²) in [7, 11) is 0. The number of hydrogen-bond donors (Lipinski definition) is 2. The second-order valence-electron chi connectivity index (χ2n) is 5.47. The maximum atomic E-state index is 12.1. The normalized spacial score (nSPS) is 30.2. The van der Waals surface area contributed by atoms with E-state index in [1.165, 1.54) is 12.8 Å². The zero-order chi connectivity index (χ0) is 12.5. The van der Waals surface area contributed by atoms with E-state index in [2.05, 4.69) is 15.6 Å². The molecule has 1 aromatic rings. The molecule has 1 aromatic heterocycles. The highest BCUT2D eigenvalue weighted by Crippen LogP contribution is 2.26. The standard InChI is InChI=1S/C14H19N3O/c1-9-2-3-10(8-15-9)14(18)17-13-6-11-4-5-12(7-13)16-11/h2-3,8,11-13,16H,4-7H2,1H3,(H,17,18). The van der Waals surface area contributed by atoms with Gasteiger partial charge in [0.15, 0.2) is 0 Å². The van der Waals surface area contributed by atoms with Gasteiger partial charge in [0.05, 0.1) is 5.56 Å². The largest absolute Gasteiger partial charge is 0.349 e. The third-order valence-electron chi connectivity index (χ3n) is 3.98. The predicted octanol–water partition coefficient (Wildman–Crippen LogP) is 1.40. The van der Waals surface area contributed by atoms with Crippen molar-refractivity contribution in [2.45, 2.75) is 50.7 Å². The van der Waals surface area contributed by atoms with E-state index in [1.54, 1.807) is 6.20 Å². The molecule has 3 heterocycles. The van der Waals surface area contributed by atoms with Crippen LogP contribution in [0.2, 0.25) is 0 Å². The van der Waals surface area contributed by atoms with Gasteiger partial charge in [-0.2, -0.15) is 0 Å². The van der Waals surface area contributed by atoms with Crippen LogP contribution in [0, 0.1) is 6.92 Å². The molecule has 96 valence electrons. The van der Waals surface area contributed by atoms with Crippen LogP contribution in [0.3, 0.4) is 0 Å². The van der Waals surface area contributed by atoms with Gasteiger partial charge >= 0.3 is 0 Å². The van der Waals surface area contributed by atoms with E-state index in [-0.39, 0.29) is 5.91 Å². The highest BCUT2D eigenvalue weighted by atomic mass is 16.1. The Morgan fingerprint density at radius 1 is 1.33 bits per heavy atom. The third kappa shape index (κ3) is 2.38. The lowest BCUT2D eigenvalue weighted by molar-refractivity contribution is 0.0923. The first kappa shape index (κ1) is 11.7. The SMILES string of the molecule is Cc1ccc(C(=O)NC2CC3CCC(C2)N3)cn1. The summed E-state index contributed by atoms with van der Waals surface area (Å²) in [4.78, 5) is 16.2. The van der Waals surface area contributed by atoms with Crippen molar-refractivity contribution in [1.29, 1.82) is 0 Å². The molecular weight excluding hydrogens is 226 g/mol. The molecule has 2 fully saturated rings. The molecule has 2 bridgehead atoms. The van der Waals surface area contributed by atoms with E-state index >= 15 is 0 Å². The Labute approximate surface area is 107 Å². The van der Waals surface area contributed by atoms with Crippen LogP contribution in [0.25, 0.3) is 0 Å². The zero-order valence-electron chi connectivity index (χ0n) is 10.6. The average Bonchev–Trinajstić information content (AvgIpc) is 2.69. The summed E-state index contributed by atoms with van der Waals surface area (Å²) in [6.45, 7) is 1.92. The smallest absolute Gasteiger partial charge is 0.253 e. The molecule has 2 atom stereocenters. The number of aryl methyl sites for hydroxylation is 1. The first-order valence-electron chi connectivity index (χ1n) is 6.70. The first-order chi connectivity index (χ1) is 8.70. The molecule has 2 aliphatic heterocycles. The van der Waals surface area contributed by atoms with E-state index in [0.29, 0.717) is 23.7 Å². The van der Waals surface area contributed by atoms with Gasteiger partial charge in [0.1, 0.15) is 0 Å². The number of aromatic nitrogens is 1. The zero-order valence-corrected chi connectivity index (χ0v) is 10.6. The Kier molecular flexibility index (Phi) is 3.04. The van der Waals surface area contributed by atoms with E-state index in [0.717, 1.165) is 18.5 Å². The van der Waals surface area contributed by atoms with Gasteiger partial charge in [-0.05, 0) is 44.7 Å². The molecule has 4 heteroatoms. The molecule has 0 spiro atoms. The maximum absolute atomic E-state index is 12.1.